The topological polar surface area (TPSA) is 39.1 Å². The lowest BCUT2D eigenvalue weighted by Crippen LogP contribution is -2.22. The number of aromatic nitrogens is 2. The van der Waals surface area contributed by atoms with E-state index in [1.165, 1.54) is 12.1 Å². The highest BCUT2D eigenvalue weighted by molar-refractivity contribution is 5.06. The monoisotopic (exact) mass is 239 g/mol. The summed E-state index contributed by atoms with van der Waals surface area (Å²) in [6.07, 6.45) is 2.32. The zero-order valence-corrected chi connectivity index (χ0v) is 11.3. The van der Waals surface area contributed by atoms with E-state index in [0.717, 1.165) is 45.0 Å². The molecule has 98 valence electrons. The Morgan fingerprint density at radius 1 is 1.29 bits per heavy atom. The summed E-state index contributed by atoms with van der Waals surface area (Å²) in [4.78, 5) is 0. The van der Waals surface area contributed by atoms with Crippen molar-refractivity contribution < 1.29 is 4.74 Å². The van der Waals surface area contributed by atoms with E-state index in [4.69, 9.17) is 4.74 Å². The average Bonchev–Trinajstić information content (AvgIpc) is 2.61. The summed E-state index contributed by atoms with van der Waals surface area (Å²) in [7, 11) is 0. The van der Waals surface area contributed by atoms with Crippen molar-refractivity contribution in [1.29, 1.82) is 0 Å². The molecule has 1 rings (SSSR count). The fourth-order valence-electron chi connectivity index (χ4n) is 1.81. The van der Waals surface area contributed by atoms with Crippen LogP contribution in [0.15, 0.2) is 6.07 Å². The molecule has 0 aromatic carbocycles. The molecule has 0 aliphatic rings. The number of hydrogen-bond donors (Lipinski definition) is 1. The maximum atomic E-state index is 5.29. The molecule has 1 aromatic rings. The molecule has 0 saturated heterocycles. The summed E-state index contributed by atoms with van der Waals surface area (Å²) >= 11 is 0. The van der Waals surface area contributed by atoms with Crippen molar-refractivity contribution in [3.63, 3.8) is 0 Å². The van der Waals surface area contributed by atoms with Crippen LogP contribution >= 0.6 is 0 Å². The minimum atomic E-state index is 0.825. The van der Waals surface area contributed by atoms with Gasteiger partial charge in [-0.3, -0.25) is 4.68 Å². The van der Waals surface area contributed by atoms with E-state index in [1.54, 1.807) is 0 Å². The second-order valence-electron chi connectivity index (χ2n) is 4.30. The van der Waals surface area contributed by atoms with Gasteiger partial charge in [-0.25, -0.2) is 0 Å². The molecule has 17 heavy (non-hydrogen) atoms. The Morgan fingerprint density at radius 2 is 2.12 bits per heavy atom. The molecule has 1 aromatic heterocycles. The zero-order chi connectivity index (χ0) is 12.5. The fraction of sp³-hybridized carbons (Fsp3) is 0.769. The summed E-state index contributed by atoms with van der Waals surface area (Å²) in [5, 5.41) is 7.86. The maximum Gasteiger partial charge on any atom is 0.0596 e. The molecule has 0 spiro atoms. The number of nitrogens with one attached hydrogen (secondary N) is 1. The Balaban J connectivity index is 1.99. The summed E-state index contributed by atoms with van der Waals surface area (Å²) in [5.74, 6) is 0. The molecule has 1 heterocycles. The second kappa shape index (κ2) is 8.25. The standard InChI is InChI=1S/C13H25N3O/c1-4-17-10-6-5-7-14-8-9-16-13(3)11-12(2)15-16/h11,14H,4-10H2,1-3H3. The van der Waals surface area contributed by atoms with E-state index in [9.17, 15) is 0 Å². The molecule has 0 fully saturated rings. The first kappa shape index (κ1) is 14.2. The average molecular weight is 239 g/mol. The molecule has 0 atom stereocenters. The summed E-state index contributed by atoms with van der Waals surface area (Å²) in [6.45, 7) is 10.9. The molecule has 1 N–H and O–H groups in total. The lowest BCUT2D eigenvalue weighted by molar-refractivity contribution is 0.143. The van der Waals surface area contributed by atoms with Gasteiger partial charge in [-0.15, -0.1) is 0 Å². The fourth-order valence-corrected chi connectivity index (χ4v) is 1.81. The predicted molar refractivity (Wildman–Crippen MR) is 70.3 cm³/mol. The van der Waals surface area contributed by atoms with E-state index in [-0.39, 0.29) is 0 Å². The minimum absolute atomic E-state index is 0.825. The van der Waals surface area contributed by atoms with Crippen LogP contribution in [0.2, 0.25) is 0 Å². The van der Waals surface area contributed by atoms with Crippen molar-refractivity contribution in [1.82, 2.24) is 15.1 Å². The largest absolute Gasteiger partial charge is 0.382 e. The Kier molecular flexibility index (Phi) is 6.89. The number of rotatable bonds is 9. The van der Waals surface area contributed by atoms with Crippen molar-refractivity contribution in [2.75, 3.05) is 26.3 Å². The second-order valence-corrected chi connectivity index (χ2v) is 4.30. The summed E-state index contributed by atoms with van der Waals surface area (Å²) in [5.41, 5.74) is 2.33. The van der Waals surface area contributed by atoms with Gasteiger partial charge in [0.15, 0.2) is 0 Å². The van der Waals surface area contributed by atoms with Gasteiger partial charge < -0.3 is 10.1 Å². The number of nitrogens with zero attached hydrogens (tertiary/aromatic N) is 2. The van der Waals surface area contributed by atoms with Gasteiger partial charge in [0, 0.05) is 25.5 Å². The van der Waals surface area contributed by atoms with Gasteiger partial charge in [0.1, 0.15) is 0 Å². The molecule has 0 bridgehead atoms. The minimum Gasteiger partial charge on any atom is -0.382 e. The molecular formula is C13H25N3O. The van der Waals surface area contributed by atoms with Crippen molar-refractivity contribution in [3.05, 3.63) is 17.5 Å². The van der Waals surface area contributed by atoms with Crippen LogP contribution < -0.4 is 5.32 Å². The molecule has 0 unspecified atom stereocenters. The van der Waals surface area contributed by atoms with Gasteiger partial charge >= 0.3 is 0 Å². The molecule has 4 nitrogen and oxygen atoms in total. The highest BCUT2D eigenvalue weighted by Crippen LogP contribution is 2.00. The number of unbranched alkanes of at least 4 members (excludes halogenated alkanes) is 1. The van der Waals surface area contributed by atoms with Gasteiger partial charge in [-0.05, 0) is 46.2 Å². The van der Waals surface area contributed by atoms with Crippen LogP contribution in [0.5, 0.6) is 0 Å². The summed E-state index contributed by atoms with van der Waals surface area (Å²) < 4.78 is 7.34. The lowest BCUT2D eigenvalue weighted by atomic mass is 10.3. The first-order valence-corrected chi connectivity index (χ1v) is 6.53. The molecule has 0 aliphatic carbocycles. The van der Waals surface area contributed by atoms with E-state index >= 15 is 0 Å². The van der Waals surface area contributed by atoms with Crippen LogP contribution in [0.1, 0.15) is 31.2 Å². The third kappa shape index (κ3) is 5.84. The number of ether oxygens (including phenoxy) is 1. The van der Waals surface area contributed by atoms with Crippen LogP contribution in [0.4, 0.5) is 0 Å². The number of hydrogen-bond acceptors (Lipinski definition) is 3. The molecule has 0 radical (unpaired) electrons. The van der Waals surface area contributed by atoms with Gasteiger partial charge in [0.05, 0.1) is 12.2 Å². The Labute approximate surface area is 104 Å². The number of aryl methyl sites for hydroxylation is 2. The van der Waals surface area contributed by atoms with Gasteiger partial charge in [-0.2, -0.15) is 5.10 Å². The van der Waals surface area contributed by atoms with E-state index in [2.05, 4.69) is 28.1 Å². The van der Waals surface area contributed by atoms with Gasteiger partial charge in [-0.1, -0.05) is 0 Å². The first-order valence-electron chi connectivity index (χ1n) is 6.53. The SMILES string of the molecule is CCOCCCCNCCn1nc(C)cc1C. The van der Waals surface area contributed by atoms with Crippen molar-refractivity contribution in [2.45, 2.75) is 40.2 Å². The molecule has 0 aliphatic heterocycles. The molecule has 0 saturated carbocycles. The van der Waals surface area contributed by atoms with Crippen LogP contribution in [-0.2, 0) is 11.3 Å². The van der Waals surface area contributed by atoms with E-state index < -0.39 is 0 Å². The Bertz CT molecular complexity index is 310. The lowest BCUT2D eigenvalue weighted by Gasteiger charge is -2.06. The van der Waals surface area contributed by atoms with Gasteiger partial charge in [0.25, 0.3) is 0 Å². The normalized spacial score (nSPS) is 11.0. The smallest absolute Gasteiger partial charge is 0.0596 e. The zero-order valence-electron chi connectivity index (χ0n) is 11.3. The third-order valence-electron chi connectivity index (χ3n) is 2.70. The highest BCUT2D eigenvalue weighted by atomic mass is 16.5. The Morgan fingerprint density at radius 3 is 2.76 bits per heavy atom. The molecule has 4 heteroatoms. The molecular weight excluding hydrogens is 214 g/mol. The molecule has 0 amide bonds. The van der Waals surface area contributed by atoms with E-state index in [1.807, 2.05) is 13.8 Å². The van der Waals surface area contributed by atoms with Gasteiger partial charge in [0.2, 0.25) is 0 Å². The van der Waals surface area contributed by atoms with Crippen LogP contribution in [0.25, 0.3) is 0 Å². The third-order valence-corrected chi connectivity index (χ3v) is 2.70. The first-order chi connectivity index (χ1) is 8.24. The Hall–Kier alpha value is -0.870. The van der Waals surface area contributed by atoms with E-state index in [0.29, 0.717) is 0 Å². The van der Waals surface area contributed by atoms with Crippen molar-refractivity contribution in [3.8, 4) is 0 Å². The summed E-state index contributed by atoms with van der Waals surface area (Å²) in [6, 6.07) is 2.11. The maximum absolute atomic E-state index is 5.29. The predicted octanol–water partition coefficient (Wildman–Crippen LogP) is 1.91. The quantitative estimate of drug-likeness (QED) is 0.669. The van der Waals surface area contributed by atoms with Crippen LogP contribution in [0.3, 0.4) is 0 Å². The van der Waals surface area contributed by atoms with Crippen LogP contribution in [-0.4, -0.2) is 36.1 Å². The van der Waals surface area contributed by atoms with Crippen molar-refractivity contribution >= 4 is 0 Å². The van der Waals surface area contributed by atoms with Crippen molar-refractivity contribution in [2.24, 2.45) is 0 Å². The van der Waals surface area contributed by atoms with Crippen LogP contribution in [0, 0.1) is 13.8 Å². The highest BCUT2D eigenvalue weighted by Gasteiger charge is 1.99.